The van der Waals surface area contributed by atoms with Crippen molar-refractivity contribution in [2.75, 3.05) is 17.2 Å². The van der Waals surface area contributed by atoms with Gasteiger partial charge < -0.3 is 10.6 Å². The molecule has 1 aromatic carbocycles. The van der Waals surface area contributed by atoms with Crippen LogP contribution in [0.3, 0.4) is 0 Å². The number of para-hydroxylation sites is 1. The maximum atomic E-state index is 5.96. The number of nitrogens with zero attached hydrogens (tertiary/aromatic N) is 3. The average molecular weight is 268 g/mol. The Bertz CT molecular complexity index is 620. The zero-order valence-electron chi connectivity index (χ0n) is 12.0. The first-order valence-corrected chi connectivity index (χ1v) is 7.16. The Balaban J connectivity index is 2.03. The van der Waals surface area contributed by atoms with E-state index in [1.165, 1.54) is 24.1 Å². The Morgan fingerprint density at radius 2 is 2.00 bits per heavy atom. The van der Waals surface area contributed by atoms with E-state index in [9.17, 15) is 0 Å². The average Bonchev–Trinajstić information content (AvgIpc) is 3.25. The molecule has 2 aromatic rings. The lowest BCUT2D eigenvalue weighted by Gasteiger charge is -2.24. The molecule has 1 fully saturated rings. The molecular formula is C16H20N4. The molecule has 104 valence electrons. The van der Waals surface area contributed by atoms with E-state index in [0.29, 0.717) is 11.7 Å². The fourth-order valence-corrected chi connectivity index (χ4v) is 2.46. The van der Waals surface area contributed by atoms with Crippen LogP contribution in [-0.2, 0) is 0 Å². The molecule has 1 heterocycles. The summed E-state index contributed by atoms with van der Waals surface area (Å²) in [5.74, 6) is 2.86. The molecule has 1 aromatic heterocycles. The van der Waals surface area contributed by atoms with Gasteiger partial charge in [-0.15, -0.1) is 0 Å². The number of rotatable bonds is 4. The minimum atomic E-state index is 0.507. The van der Waals surface area contributed by atoms with Crippen LogP contribution < -0.4 is 10.6 Å². The van der Waals surface area contributed by atoms with E-state index in [4.69, 9.17) is 10.7 Å². The van der Waals surface area contributed by atoms with Crippen molar-refractivity contribution in [1.82, 2.24) is 9.97 Å². The van der Waals surface area contributed by atoms with E-state index in [-0.39, 0.29) is 0 Å². The van der Waals surface area contributed by atoms with Gasteiger partial charge in [0.2, 0.25) is 0 Å². The third-order valence-electron chi connectivity index (χ3n) is 3.69. The second kappa shape index (κ2) is 5.12. The molecule has 0 aliphatic heterocycles. The van der Waals surface area contributed by atoms with Gasteiger partial charge in [0.1, 0.15) is 17.5 Å². The number of anilines is 3. The summed E-state index contributed by atoms with van der Waals surface area (Å²) in [6.45, 7) is 5.09. The van der Waals surface area contributed by atoms with E-state index in [0.717, 1.165) is 18.2 Å². The summed E-state index contributed by atoms with van der Waals surface area (Å²) in [6, 6.07) is 10.2. The second-order valence-corrected chi connectivity index (χ2v) is 5.31. The summed E-state index contributed by atoms with van der Waals surface area (Å²) < 4.78 is 0. The summed E-state index contributed by atoms with van der Waals surface area (Å²) in [5.41, 5.74) is 8.37. The number of nitrogen functional groups attached to an aromatic ring is 1. The van der Waals surface area contributed by atoms with Gasteiger partial charge in [0.15, 0.2) is 0 Å². The number of hydrogen-bond acceptors (Lipinski definition) is 4. The zero-order valence-corrected chi connectivity index (χ0v) is 12.0. The quantitative estimate of drug-likeness (QED) is 0.923. The maximum Gasteiger partial charge on any atom is 0.138 e. The van der Waals surface area contributed by atoms with Gasteiger partial charge in [-0.2, -0.15) is 0 Å². The molecule has 0 radical (unpaired) electrons. The van der Waals surface area contributed by atoms with E-state index < -0.39 is 0 Å². The van der Waals surface area contributed by atoms with Crippen LogP contribution in [0, 0.1) is 6.92 Å². The van der Waals surface area contributed by atoms with E-state index in [1.54, 1.807) is 0 Å². The Morgan fingerprint density at radius 1 is 1.25 bits per heavy atom. The van der Waals surface area contributed by atoms with Crippen molar-refractivity contribution in [2.24, 2.45) is 0 Å². The zero-order chi connectivity index (χ0) is 14.1. The predicted molar refractivity (Wildman–Crippen MR) is 82.3 cm³/mol. The minimum absolute atomic E-state index is 0.507. The van der Waals surface area contributed by atoms with Gasteiger partial charge in [-0.3, -0.25) is 0 Å². The van der Waals surface area contributed by atoms with Crippen LogP contribution in [0.25, 0.3) is 0 Å². The first-order valence-electron chi connectivity index (χ1n) is 7.16. The molecule has 0 unspecified atom stereocenters. The minimum Gasteiger partial charge on any atom is -0.384 e. The lowest BCUT2D eigenvalue weighted by atomic mass is 10.2. The van der Waals surface area contributed by atoms with Crippen molar-refractivity contribution in [1.29, 1.82) is 0 Å². The summed E-state index contributed by atoms with van der Waals surface area (Å²) in [6.07, 6.45) is 2.36. The van der Waals surface area contributed by atoms with Gasteiger partial charge in [0.05, 0.1) is 0 Å². The van der Waals surface area contributed by atoms with Crippen molar-refractivity contribution >= 4 is 17.3 Å². The lowest BCUT2D eigenvalue weighted by molar-refractivity contribution is 0.897. The van der Waals surface area contributed by atoms with Gasteiger partial charge in [-0.25, -0.2) is 9.97 Å². The highest BCUT2D eigenvalue weighted by molar-refractivity contribution is 5.65. The first-order chi connectivity index (χ1) is 9.69. The van der Waals surface area contributed by atoms with E-state index >= 15 is 0 Å². The van der Waals surface area contributed by atoms with E-state index in [2.05, 4.69) is 48.0 Å². The van der Waals surface area contributed by atoms with Crippen LogP contribution >= 0.6 is 0 Å². The SMILES string of the molecule is CCN(c1cc(N)nc(C2CC2)n1)c1ccccc1C. The maximum absolute atomic E-state index is 5.96. The molecule has 1 aliphatic carbocycles. The van der Waals surface area contributed by atoms with Crippen LogP contribution in [-0.4, -0.2) is 16.5 Å². The number of aromatic nitrogens is 2. The Labute approximate surface area is 119 Å². The third-order valence-corrected chi connectivity index (χ3v) is 3.69. The number of benzene rings is 1. The Hall–Kier alpha value is -2.10. The molecule has 1 saturated carbocycles. The topological polar surface area (TPSA) is 55.0 Å². The molecule has 0 spiro atoms. The van der Waals surface area contributed by atoms with Crippen LogP contribution in [0.1, 0.15) is 37.1 Å². The Morgan fingerprint density at radius 3 is 2.65 bits per heavy atom. The third kappa shape index (κ3) is 2.46. The van der Waals surface area contributed by atoms with Crippen LogP contribution in [0.5, 0.6) is 0 Å². The molecule has 3 rings (SSSR count). The fraction of sp³-hybridized carbons (Fsp3) is 0.375. The van der Waals surface area contributed by atoms with Crippen molar-refractivity contribution < 1.29 is 0 Å². The van der Waals surface area contributed by atoms with Gasteiger partial charge in [-0.1, -0.05) is 18.2 Å². The van der Waals surface area contributed by atoms with Crippen LogP contribution in [0.2, 0.25) is 0 Å². The second-order valence-electron chi connectivity index (χ2n) is 5.31. The van der Waals surface area contributed by atoms with Gasteiger partial charge in [0, 0.05) is 24.2 Å². The normalized spacial score (nSPS) is 14.3. The molecule has 0 saturated heterocycles. The van der Waals surface area contributed by atoms with Crippen molar-refractivity contribution in [3.63, 3.8) is 0 Å². The molecule has 2 N–H and O–H groups in total. The highest BCUT2D eigenvalue weighted by Gasteiger charge is 2.27. The number of nitrogens with two attached hydrogens (primary N) is 1. The van der Waals surface area contributed by atoms with Crippen LogP contribution in [0.15, 0.2) is 30.3 Å². The number of aryl methyl sites for hydroxylation is 1. The summed E-state index contributed by atoms with van der Waals surface area (Å²) in [7, 11) is 0. The standard InChI is InChI=1S/C16H20N4/c1-3-20(13-7-5-4-6-11(13)2)15-10-14(17)18-16(19-15)12-8-9-12/h4-7,10,12H,3,8-9H2,1-2H3,(H2,17,18,19). The largest absolute Gasteiger partial charge is 0.384 e. The molecule has 1 aliphatic rings. The predicted octanol–water partition coefficient (Wildman–Crippen LogP) is 3.40. The molecule has 4 nitrogen and oxygen atoms in total. The molecular weight excluding hydrogens is 248 g/mol. The molecule has 0 amide bonds. The van der Waals surface area contributed by atoms with Gasteiger partial charge in [-0.05, 0) is 38.3 Å². The highest BCUT2D eigenvalue weighted by atomic mass is 15.2. The Kier molecular flexibility index (Phi) is 3.30. The molecule has 20 heavy (non-hydrogen) atoms. The van der Waals surface area contributed by atoms with Crippen LogP contribution in [0.4, 0.5) is 17.3 Å². The van der Waals surface area contributed by atoms with Crippen molar-refractivity contribution in [2.45, 2.75) is 32.6 Å². The number of hydrogen-bond donors (Lipinski definition) is 1. The van der Waals surface area contributed by atoms with Crippen molar-refractivity contribution in [3.05, 3.63) is 41.7 Å². The smallest absolute Gasteiger partial charge is 0.138 e. The summed E-state index contributed by atoms with van der Waals surface area (Å²) >= 11 is 0. The van der Waals surface area contributed by atoms with E-state index in [1.807, 2.05) is 6.07 Å². The lowest BCUT2D eigenvalue weighted by Crippen LogP contribution is -2.19. The fourth-order valence-electron chi connectivity index (χ4n) is 2.46. The monoisotopic (exact) mass is 268 g/mol. The van der Waals surface area contributed by atoms with Gasteiger partial charge >= 0.3 is 0 Å². The molecule has 0 atom stereocenters. The molecule has 0 bridgehead atoms. The highest BCUT2D eigenvalue weighted by Crippen LogP contribution is 2.39. The van der Waals surface area contributed by atoms with Gasteiger partial charge in [0.25, 0.3) is 0 Å². The summed E-state index contributed by atoms with van der Waals surface area (Å²) in [4.78, 5) is 11.3. The van der Waals surface area contributed by atoms with Crippen molar-refractivity contribution in [3.8, 4) is 0 Å². The molecule has 4 heteroatoms. The first kappa shape index (κ1) is 12.9. The summed E-state index contributed by atoms with van der Waals surface area (Å²) in [5, 5.41) is 0.